The van der Waals surface area contributed by atoms with E-state index in [9.17, 15) is 4.79 Å². The standard InChI is InChI=1S/C15H29N3O2/c1-11-9-13(3-4-14(11)16)15(19)17-12(2)10-18-5-7-20-8-6-18/h11-14H,3-10,16H2,1-2H3,(H,17,19). The average Bonchev–Trinajstić information content (AvgIpc) is 2.42. The van der Waals surface area contributed by atoms with Crippen LogP contribution in [0.2, 0.25) is 0 Å². The topological polar surface area (TPSA) is 67.6 Å². The Hall–Kier alpha value is -0.650. The number of carbonyl (C=O) groups is 1. The number of nitrogens with two attached hydrogens (primary N) is 1. The minimum atomic E-state index is 0.150. The zero-order valence-electron chi connectivity index (χ0n) is 12.8. The maximum absolute atomic E-state index is 12.3. The molecule has 0 spiro atoms. The van der Waals surface area contributed by atoms with Crippen LogP contribution in [0.15, 0.2) is 0 Å². The molecule has 20 heavy (non-hydrogen) atoms. The normalized spacial score (nSPS) is 33.6. The predicted molar refractivity (Wildman–Crippen MR) is 79.3 cm³/mol. The number of morpholine rings is 1. The maximum Gasteiger partial charge on any atom is 0.223 e. The van der Waals surface area contributed by atoms with Gasteiger partial charge in [-0.3, -0.25) is 9.69 Å². The Balaban J connectivity index is 1.73. The molecule has 2 fully saturated rings. The lowest BCUT2D eigenvalue weighted by atomic mass is 9.79. The van der Waals surface area contributed by atoms with E-state index in [0.717, 1.165) is 52.1 Å². The second-order valence-corrected chi connectivity index (χ2v) is 6.47. The summed E-state index contributed by atoms with van der Waals surface area (Å²) in [6, 6.07) is 0.469. The van der Waals surface area contributed by atoms with Crippen LogP contribution in [0.3, 0.4) is 0 Å². The van der Waals surface area contributed by atoms with Gasteiger partial charge in [0.15, 0.2) is 0 Å². The zero-order valence-corrected chi connectivity index (χ0v) is 12.8. The Kier molecular flexibility index (Phi) is 5.81. The second kappa shape index (κ2) is 7.38. The summed E-state index contributed by atoms with van der Waals surface area (Å²) >= 11 is 0. The number of carbonyl (C=O) groups excluding carboxylic acids is 1. The van der Waals surface area contributed by atoms with Gasteiger partial charge in [0, 0.05) is 37.6 Å². The van der Waals surface area contributed by atoms with E-state index in [1.165, 1.54) is 0 Å². The van der Waals surface area contributed by atoms with Crippen molar-refractivity contribution in [2.45, 2.75) is 45.2 Å². The van der Waals surface area contributed by atoms with Gasteiger partial charge >= 0.3 is 0 Å². The molecule has 1 amide bonds. The predicted octanol–water partition coefficient (Wildman–Crippen LogP) is 0.587. The minimum Gasteiger partial charge on any atom is -0.379 e. The molecule has 1 saturated carbocycles. The van der Waals surface area contributed by atoms with Crippen LogP contribution in [0.5, 0.6) is 0 Å². The summed E-state index contributed by atoms with van der Waals surface area (Å²) in [6.45, 7) is 8.70. The minimum absolute atomic E-state index is 0.150. The van der Waals surface area contributed by atoms with Gasteiger partial charge < -0.3 is 15.8 Å². The number of ether oxygens (including phenoxy) is 1. The summed E-state index contributed by atoms with van der Waals surface area (Å²) in [5.41, 5.74) is 6.02. The summed E-state index contributed by atoms with van der Waals surface area (Å²) in [6.07, 6.45) is 2.83. The molecule has 1 aliphatic carbocycles. The Labute approximate surface area is 122 Å². The van der Waals surface area contributed by atoms with Crippen LogP contribution >= 0.6 is 0 Å². The van der Waals surface area contributed by atoms with E-state index in [4.69, 9.17) is 10.5 Å². The molecule has 116 valence electrons. The van der Waals surface area contributed by atoms with E-state index >= 15 is 0 Å². The Morgan fingerprint density at radius 3 is 2.75 bits per heavy atom. The van der Waals surface area contributed by atoms with Crippen molar-refractivity contribution in [1.29, 1.82) is 0 Å². The lowest BCUT2D eigenvalue weighted by Gasteiger charge is -2.33. The molecule has 1 saturated heterocycles. The number of hydrogen-bond acceptors (Lipinski definition) is 4. The van der Waals surface area contributed by atoms with Crippen LogP contribution in [-0.2, 0) is 9.53 Å². The number of nitrogens with zero attached hydrogens (tertiary/aromatic N) is 1. The van der Waals surface area contributed by atoms with Crippen molar-refractivity contribution >= 4 is 5.91 Å². The van der Waals surface area contributed by atoms with Crippen molar-refractivity contribution in [2.75, 3.05) is 32.8 Å². The molecule has 2 rings (SSSR count). The molecule has 5 nitrogen and oxygen atoms in total. The highest BCUT2D eigenvalue weighted by atomic mass is 16.5. The van der Waals surface area contributed by atoms with Gasteiger partial charge in [0.1, 0.15) is 0 Å². The number of rotatable bonds is 4. The molecule has 1 aliphatic heterocycles. The van der Waals surface area contributed by atoms with Gasteiger partial charge in [-0.25, -0.2) is 0 Å². The highest BCUT2D eigenvalue weighted by Crippen LogP contribution is 2.28. The van der Waals surface area contributed by atoms with Crippen LogP contribution in [0.4, 0.5) is 0 Å². The van der Waals surface area contributed by atoms with Crippen molar-refractivity contribution in [3.05, 3.63) is 0 Å². The summed E-state index contributed by atoms with van der Waals surface area (Å²) in [5.74, 6) is 0.815. The van der Waals surface area contributed by atoms with E-state index in [-0.39, 0.29) is 23.9 Å². The summed E-state index contributed by atoms with van der Waals surface area (Å²) in [4.78, 5) is 14.7. The van der Waals surface area contributed by atoms with Crippen molar-refractivity contribution in [1.82, 2.24) is 10.2 Å². The Morgan fingerprint density at radius 1 is 1.40 bits per heavy atom. The molecule has 5 heteroatoms. The molecule has 0 aromatic carbocycles. The van der Waals surface area contributed by atoms with Gasteiger partial charge in [0.05, 0.1) is 13.2 Å². The third kappa shape index (κ3) is 4.43. The largest absolute Gasteiger partial charge is 0.379 e. The summed E-state index contributed by atoms with van der Waals surface area (Å²) < 4.78 is 5.34. The highest BCUT2D eigenvalue weighted by Gasteiger charge is 2.30. The fraction of sp³-hybridized carbons (Fsp3) is 0.933. The van der Waals surface area contributed by atoms with E-state index < -0.39 is 0 Å². The summed E-state index contributed by atoms with van der Waals surface area (Å²) in [5, 5.41) is 3.17. The first-order valence-electron chi connectivity index (χ1n) is 7.92. The van der Waals surface area contributed by atoms with Crippen LogP contribution in [0.1, 0.15) is 33.1 Å². The second-order valence-electron chi connectivity index (χ2n) is 6.47. The molecular weight excluding hydrogens is 254 g/mol. The van der Waals surface area contributed by atoms with Gasteiger partial charge in [-0.15, -0.1) is 0 Å². The smallest absolute Gasteiger partial charge is 0.223 e. The molecule has 1 heterocycles. The lowest BCUT2D eigenvalue weighted by molar-refractivity contribution is -0.127. The average molecular weight is 283 g/mol. The molecule has 0 aromatic rings. The molecule has 3 N–H and O–H groups in total. The molecule has 2 aliphatic rings. The van der Waals surface area contributed by atoms with Crippen LogP contribution < -0.4 is 11.1 Å². The first-order chi connectivity index (χ1) is 9.56. The fourth-order valence-corrected chi connectivity index (χ4v) is 3.24. The molecular formula is C15H29N3O2. The Morgan fingerprint density at radius 2 is 2.10 bits per heavy atom. The van der Waals surface area contributed by atoms with Gasteiger partial charge in [0.25, 0.3) is 0 Å². The number of hydrogen-bond donors (Lipinski definition) is 2. The van der Waals surface area contributed by atoms with E-state index in [1.807, 2.05) is 0 Å². The van der Waals surface area contributed by atoms with Crippen molar-refractivity contribution in [3.63, 3.8) is 0 Å². The maximum atomic E-state index is 12.3. The SMILES string of the molecule is CC(CN1CCOCC1)NC(=O)C1CCC(N)C(C)C1. The van der Waals surface area contributed by atoms with E-state index in [2.05, 4.69) is 24.1 Å². The van der Waals surface area contributed by atoms with Crippen LogP contribution in [0.25, 0.3) is 0 Å². The van der Waals surface area contributed by atoms with Gasteiger partial charge in [0.2, 0.25) is 5.91 Å². The van der Waals surface area contributed by atoms with Crippen molar-refractivity contribution < 1.29 is 9.53 Å². The first kappa shape index (κ1) is 15.7. The van der Waals surface area contributed by atoms with Crippen LogP contribution in [-0.4, -0.2) is 55.7 Å². The molecule has 4 unspecified atom stereocenters. The fourth-order valence-electron chi connectivity index (χ4n) is 3.24. The third-order valence-corrected chi connectivity index (χ3v) is 4.63. The van der Waals surface area contributed by atoms with Gasteiger partial charge in [-0.05, 0) is 32.1 Å². The third-order valence-electron chi connectivity index (χ3n) is 4.63. The van der Waals surface area contributed by atoms with Gasteiger partial charge in [-0.1, -0.05) is 6.92 Å². The molecule has 4 atom stereocenters. The van der Waals surface area contributed by atoms with Crippen molar-refractivity contribution in [2.24, 2.45) is 17.6 Å². The Bertz CT molecular complexity index is 318. The van der Waals surface area contributed by atoms with E-state index in [1.54, 1.807) is 0 Å². The lowest BCUT2D eigenvalue weighted by Crippen LogP contribution is -2.48. The van der Waals surface area contributed by atoms with E-state index in [0.29, 0.717) is 5.92 Å². The number of amides is 1. The number of nitrogens with one attached hydrogen (secondary N) is 1. The quantitative estimate of drug-likeness (QED) is 0.792. The zero-order chi connectivity index (χ0) is 14.5. The van der Waals surface area contributed by atoms with Crippen molar-refractivity contribution in [3.8, 4) is 0 Å². The summed E-state index contributed by atoms with van der Waals surface area (Å²) in [7, 11) is 0. The van der Waals surface area contributed by atoms with Crippen LogP contribution in [0, 0.1) is 11.8 Å². The first-order valence-corrected chi connectivity index (χ1v) is 7.92. The highest BCUT2D eigenvalue weighted by molar-refractivity contribution is 5.79. The molecule has 0 bridgehead atoms. The molecule has 0 aromatic heterocycles. The monoisotopic (exact) mass is 283 g/mol. The molecule has 0 radical (unpaired) electrons. The van der Waals surface area contributed by atoms with Gasteiger partial charge in [-0.2, -0.15) is 0 Å².